The fraction of sp³-hybridized carbons (Fsp3) is 0.433. The lowest BCUT2D eigenvalue weighted by molar-refractivity contribution is 0.0929. The quantitative estimate of drug-likeness (QED) is 0.471. The number of hydrogen-bond acceptors (Lipinski definition) is 3. The summed E-state index contributed by atoms with van der Waals surface area (Å²) in [5, 5.41) is 7.87. The van der Waals surface area contributed by atoms with Gasteiger partial charge in [-0.3, -0.25) is 9.59 Å². The standard InChI is InChI=1S/C30H37N3O2/c1-33-30(35)27(29(34)31-25-21-15-7-5-3-2-4-6-8-16-22-25)26(23-17-11-9-12-18-23)28(32-33)24-19-13-10-14-20-24/h9-14,17-20,25H,2-8,15-16,21-22H2,1H3,(H,31,34). The number of amides is 1. The third-order valence-corrected chi connectivity index (χ3v) is 7.02. The Labute approximate surface area is 208 Å². The van der Waals surface area contributed by atoms with Crippen molar-refractivity contribution in [1.29, 1.82) is 0 Å². The lowest BCUT2D eigenvalue weighted by Gasteiger charge is -2.21. The Kier molecular flexibility index (Phi) is 8.88. The first-order valence-corrected chi connectivity index (χ1v) is 13.2. The maximum atomic E-state index is 13.8. The van der Waals surface area contributed by atoms with E-state index in [9.17, 15) is 9.59 Å². The molecule has 0 bridgehead atoms. The fourth-order valence-corrected chi connectivity index (χ4v) is 5.09. The van der Waals surface area contributed by atoms with Crippen molar-refractivity contribution >= 4 is 5.91 Å². The van der Waals surface area contributed by atoms with E-state index < -0.39 is 0 Å². The van der Waals surface area contributed by atoms with Gasteiger partial charge in [0.05, 0.1) is 5.69 Å². The van der Waals surface area contributed by atoms with E-state index in [4.69, 9.17) is 0 Å². The van der Waals surface area contributed by atoms with Gasteiger partial charge in [-0.25, -0.2) is 4.68 Å². The van der Waals surface area contributed by atoms with Crippen LogP contribution in [0.1, 0.15) is 81.0 Å². The Balaban J connectivity index is 1.71. The third-order valence-electron chi connectivity index (χ3n) is 7.02. The molecule has 0 atom stereocenters. The number of nitrogens with one attached hydrogen (secondary N) is 1. The summed E-state index contributed by atoms with van der Waals surface area (Å²) in [6.07, 6.45) is 13.1. The number of aryl methyl sites for hydroxylation is 1. The van der Waals surface area contributed by atoms with E-state index in [0.717, 1.165) is 36.8 Å². The first-order chi connectivity index (χ1) is 17.1. The number of benzene rings is 2. The number of aromatic nitrogens is 2. The van der Waals surface area contributed by atoms with Gasteiger partial charge in [0.15, 0.2) is 0 Å². The SMILES string of the molecule is Cn1nc(-c2ccccc2)c(-c2ccccc2)c(C(=O)NC2CCCCCCCCCCC2)c1=O. The second-order valence-corrected chi connectivity index (χ2v) is 9.69. The van der Waals surface area contributed by atoms with Gasteiger partial charge < -0.3 is 5.32 Å². The predicted molar refractivity (Wildman–Crippen MR) is 142 cm³/mol. The minimum absolute atomic E-state index is 0.0867. The normalized spacial score (nSPS) is 16.1. The highest BCUT2D eigenvalue weighted by Gasteiger charge is 2.26. The molecule has 2 aromatic carbocycles. The van der Waals surface area contributed by atoms with Crippen molar-refractivity contribution in [1.82, 2.24) is 15.1 Å². The molecule has 1 aromatic heterocycles. The highest BCUT2D eigenvalue weighted by molar-refractivity contribution is 6.03. The van der Waals surface area contributed by atoms with Gasteiger partial charge >= 0.3 is 0 Å². The Morgan fingerprint density at radius 3 is 1.80 bits per heavy atom. The van der Waals surface area contributed by atoms with Gasteiger partial charge in [-0.05, 0) is 18.4 Å². The monoisotopic (exact) mass is 471 g/mol. The molecule has 1 heterocycles. The van der Waals surface area contributed by atoms with E-state index >= 15 is 0 Å². The first-order valence-electron chi connectivity index (χ1n) is 13.2. The minimum Gasteiger partial charge on any atom is -0.349 e. The van der Waals surface area contributed by atoms with Gasteiger partial charge in [0.1, 0.15) is 5.56 Å². The summed E-state index contributed by atoms with van der Waals surface area (Å²) in [6.45, 7) is 0. The molecule has 184 valence electrons. The van der Waals surface area contributed by atoms with Gasteiger partial charge in [-0.2, -0.15) is 5.10 Å². The average Bonchev–Trinajstić information content (AvgIpc) is 2.88. The van der Waals surface area contributed by atoms with E-state index in [1.165, 1.54) is 49.6 Å². The van der Waals surface area contributed by atoms with E-state index in [2.05, 4.69) is 10.4 Å². The van der Waals surface area contributed by atoms with Crippen LogP contribution >= 0.6 is 0 Å². The van der Waals surface area contributed by atoms with Crippen LogP contribution in [-0.2, 0) is 7.05 Å². The molecule has 0 saturated heterocycles. The zero-order valence-electron chi connectivity index (χ0n) is 20.8. The van der Waals surface area contributed by atoms with Crippen molar-refractivity contribution in [3.63, 3.8) is 0 Å². The number of carbonyl (C=O) groups is 1. The highest BCUT2D eigenvalue weighted by atomic mass is 16.2. The molecule has 1 fully saturated rings. The number of nitrogens with zero attached hydrogens (tertiary/aromatic N) is 2. The fourth-order valence-electron chi connectivity index (χ4n) is 5.09. The van der Waals surface area contributed by atoms with Gasteiger partial charge in [0, 0.05) is 24.2 Å². The van der Waals surface area contributed by atoms with Gasteiger partial charge in [-0.1, -0.05) is 118 Å². The molecule has 1 aliphatic rings. The van der Waals surface area contributed by atoms with E-state index in [1.54, 1.807) is 7.05 Å². The van der Waals surface area contributed by atoms with Crippen molar-refractivity contribution in [3.05, 3.63) is 76.6 Å². The van der Waals surface area contributed by atoms with Gasteiger partial charge in [0.2, 0.25) is 0 Å². The highest BCUT2D eigenvalue weighted by Crippen LogP contribution is 2.32. The van der Waals surface area contributed by atoms with Crippen LogP contribution in [0.5, 0.6) is 0 Å². The lowest BCUT2D eigenvalue weighted by atomic mass is 9.94. The molecule has 3 aromatic rings. The van der Waals surface area contributed by atoms with Crippen LogP contribution in [-0.4, -0.2) is 21.7 Å². The van der Waals surface area contributed by atoms with Crippen molar-refractivity contribution in [2.45, 2.75) is 76.7 Å². The molecular weight excluding hydrogens is 434 g/mol. The van der Waals surface area contributed by atoms with Crippen molar-refractivity contribution < 1.29 is 4.79 Å². The zero-order valence-corrected chi connectivity index (χ0v) is 20.8. The molecule has 1 N–H and O–H groups in total. The molecule has 0 spiro atoms. The Morgan fingerprint density at radius 1 is 0.771 bits per heavy atom. The largest absolute Gasteiger partial charge is 0.349 e. The van der Waals surface area contributed by atoms with Crippen LogP contribution in [0.2, 0.25) is 0 Å². The molecular formula is C30H37N3O2. The summed E-state index contributed by atoms with van der Waals surface area (Å²) >= 11 is 0. The summed E-state index contributed by atoms with van der Waals surface area (Å²) in [5.74, 6) is -0.291. The van der Waals surface area contributed by atoms with E-state index in [0.29, 0.717) is 11.3 Å². The van der Waals surface area contributed by atoms with Gasteiger partial charge in [0.25, 0.3) is 11.5 Å². The maximum Gasteiger partial charge on any atom is 0.280 e. The Morgan fingerprint density at radius 2 is 1.26 bits per heavy atom. The molecule has 0 unspecified atom stereocenters. The van der Waals surface area contributed by atoms with E-state index in [1.807, 2.05) is 60.7 Å². The van der Waals surface area contributed by atoms with Crippen LogP contribution in [0.15, 0.2) is 65.5 Å². The summed E-state index contributed by atoms with van der Waals surface area (Å²) < 4.78 is 1.30. The molecule has 1 aliphatic carbocycles. The predicted octanol–water partition coefficient (Wildman–Crippen LogP) is 6.52. The van der Waals surface area contributed by atoms with Gasteiger partial charge in [-0.15, -0.1) is 0 Å². The Hall–Kier alpha value is -3.21. The average molecular weight is 472 g/mol. The minimum atomic E-state index is -0.366. The second kappa shape index (κ2) is 12.5. The molecule has 1 saturated carbocycles. The summed E-state index contributed by atoms with van der Waals surface area (Å²) in [4.78, 5) is 27.2. The number of hydrogen-bond donors (Lipinski definition) is 1. The molecule has 4 rings (SSSR count). The number of carbonyl (C=O) groups excluding carboxylic acids is 1. The second-order valence-electron chi connectivity index (χ2n) is 9.69. The summed E-state index contributed by atoms with van der Waals surface area (Å²) in [6, 6.07) is 19.5. The van der Waals surface area contributed by atoms with Crippen molar-refractivity contribution in [2.75, 3.05) is 0 Å². The molecule has 0 radical (unpaired) electrons. The smallest absolute Gasteiger partial charge is 0.280 e. The van der Waals surface area contributed by atoms with Crippen LogP contribution in [0.3, 0.4) is 0 Å². The van der Waals surface area contributed by atoms with Crippen LogP contribution < -0.4 is 10.9 Å². The molecule has 1 amide bonds. The molecule has 5 heteroatoms. The lowest BCUT2D eigenvalue weighted by Crippen LogP contribution is -2.40. The Bertz CT molecular complexity index is 1140. The zero-order chi connectivity index (χ0) is 24.5. The molecule has 0 aliphatic heterocycles. The maximum absolute atomic E-state index is 13.8. The van der Waals surface area contributed by atoms with Crippen molar-refractivity contribution in [2.24, 2.45) is 7.05 Å². The first kappa shape index (κ1) is 24.9. The van der Waals surface area contributed by atoms with Crippen LogP contribution in [0.4, 0.5) is 0 Å². The summed E-state index contributed by atoms with van der Waals surface area (Å²) in [5.41, 5.74) is 2.75. The third kappa shape index (κ3) is 6.47. The number of rotatable bonds is 4. The van der Waals surface area contributed by atoms with Crippen LogP contribution in [0, 0.1) is 0 Å². The topological polar surface area (TPSA) is 64.0 Å². The molecule has 35 heavy (non-hydrogen) atoms. The van der Waals surface area contributed by atoms with E-state index in [-0.39, 0.29) is 23.1 Å². The molecule has 5 nitrogen and oxygen atoms in total. The van der Waals surface area contributed by atoms with Crippen molar-refractivity contribution in [3.8, 4) is 22.4 Å². The summed E-state index contributed by atoms with van der Waals surface area (Å²) in [7, 11) is 1.62. The van der Waals surface area contributed by atoms with Crippen LogP contribution in [0.25, 0.3) is 22.4 Å².